The van der Waals surface area contributed by atoms with Crippen LogP contribution in [0.25, 0.3) is 0 Å². The van der Waals surface area contributed by atoms with E-state index in [1.165, 1.54) is 0 Å². The Morgan fingerprint density at radius 2 is 1.24 bits per heavy atom. The molecule has 1 atom stereocenters. The van der Waals surface area contributed by atoms with Gasteiger partial charge in [0.1, 0.15) is 0 Å². The van der Waals surface area contributed by atoms with Crippen molar-refractivity contribution >= 4 is 34.3 Å². The van der Waals surface area contributed by atoms with E-state index in [2.05, 4.69) is 104 Å². The quantitative estimate of drug-likeness (QED) is 0.246. The Hall–Kier alpha value is -3.62. The molecule has 0 aromatic heterocycles. The van der Waals surface area contributed by atoms with Crippen molar-refractivity contribution in [2.45, 2.75) is 13.0 Å². The molecule has 6 rings (SSSR count). The standard InChI is InChI=1S/C33H28ClO3P/c1-24-32(36-23-35-24)22-31-25(2)38(28-12-6-3-7-13-28,29-14-8-4-9-15-29,30-16-10-5-11-17-30)37-33(31)26-18-20-27(34)21-19-26/h3-22,33H,1,23H2,2H3. The third-order valence-electron chi connectivity index (χ3n) is 7.58. The molecule has 0 N–H and O–H groups in total. The summed E-state index contributed by atoms with van der Waals surface area (Å²) in [7, 11) is 0. The van der Waals surface area contributed by atoms with Gasteiger partial charge in [-0.2, -0.15) is 0 Å². The molecule has 2 aliphatic heterocycles. The molecule has 0 spiro atoms. The first kappa shape index (κ1) is 24.7. The summed E-state index contributed by atoms with van der Waals surface area (Å²) in [6.07, 6.45) is 1.67. The van der Waals surface area contributed by atoms with Crippen LogP contribution in [0.3, 0.4) is 0 Å². The van der Waals surface area contributed by atoms with E-state index in [1.807, 2.05) is 30.3 Å². The first-order valence-electron chi connectivity index (χ1n) is 12.5. The zero-order valence-electron chi connectivity index (χ0n) is 21.1. The van der Waals surface area contributed by atoms with Gasteiger partial charge in [-0.1, -0.05) is 0 Å². The van der Waals surface area contributed by atoms with Gasteiger partial charge in [-0.3, -0.25) is 0 Å². The number of ether oxygens (including phenoxy) is 2. The van der Waals surface area contributed by atoms with Gasteiger partial charge >= 0.3 is 229 Å². The monoisotopic (exact) mass is 538 g/mol. The van der Waals surface area contributed by atoms with Crippen molar-refractivity contribution in [1.82, 2.24) is 0 Å². The van der Waals surface area contributed by atoms with Gasteiger partial charge in [0.2, 0.25) is 0 Å². The van der Waals surface area contributed by atoms with Gasteiger partial charge < -0.3 is 0 Å². The molecule has 2 heterocycles. The van der Waals surface area contributed by atoms with E-state index in [4.69, 9.17) is 25.6 Å². The van der Waals surface area contributed by atoms with Gasteiger partial charge in [0, 0.05) is 0 Å². The Labute approximate surface area is 228 Å². The predicted octanol–water partition coefficient (Wildman–Crippen LogP) is 7.53. The summed E-state index contributed by atoms with van der Waals surface area (Å²) in [5.74, 6) is 1.14. The van der Waals surface area contributed by atoms with Crippen LogP contribution in [0, 0.1) is 0 Å². The fourth-order valence-corrected chi connectivity index (χ4v) is 12.0. The second-order valence-corrected chi connectivity index (χ2v) is 14.4. The Balaban J connectivity index is 1.77. The maximum atomic E-state index is 7.73. The number of allylic oxidation sites excluding steroid dienone is 1. The maximum absolute atomic E-state index is 7.73. The number of hydrogen-bond donors (Lipinski definition) is 0. The molecule has 2 aliphatic rings. The van der Waals surface area contributed by atoms with Crippen LogP contribution in [-0.2, 0) is 14.0 Å². The molecule has 3 nitrogen and oxygen atoms in total. The predicted molar refractivity (Wildman–Crippen MR) is 157 cm³/mol. The SMILES string of the molecule is C=C1OCOC1=CC1=C(C)P(c2ccccc2)(c2ccccc2)(c2ccccc2)OC1c1ccc(Cl)cc1. The fraction of sp³-hybridized carbons (Fsp3) is 0.0909. The molecule has 190 valence electrons. The summed E-state index contributed by atoms with van der Waals surface area (Å²) < 4.78 is 19.1. The van der Waals surface area contributed by atoms with E-state index in [-0.39, 0.29) is 12.9 Å². The molecular formula is C33H28ClO3P. The minimum absolute atomic E-state index is 0.156. The molecular weight excluding hydrogens is 511 g/mol. The average molecular weight is 539 g/mol. The van der Waals surface area contributed by atoms with Crippen molar-refractivity contribution in [3.8, 4) is 0 Å². The molecule has 4 aromatic carbocycles. The van der Waals surface area contributed by atoms with E-state index in [9.17, 15) is 0 Å². The number of halogens is 1. The summed E-state index contributed by atoms with van der Waals surface area (Å²) in [6, 6.07) is 39.8. The van der Waals surface area contributed by atoms with Crippen LogP contribution in [0.4, 0.5) is 0 Å². The molecule has 1 saturated heterocycles. The summed E-state index contributed by atoms with van der Waals surface area (Å²) >= 11 is 6.31. The van der Waals surface area contributed by atoms with Crippen LogP contribution in [-0.4, -0.2) is 6.79 Å². The van der Waals surface area contributed by atoms with Crippen molar-refractivity contribution in [3.05, 3.63) is 161 Å². The zero-order valence-corrected chi connectivity index (χ0v) is 22.7. The number of benzene rings is 4. The van der Waals surface area contributed by atoms with Crippen LogP contribution in [0.15, 0.2) is 150 Å². The van der Waals surface area contributed by atoms with Crippen molar-refractivity contribution in [2.75, 3.05) is 6.79 Å². The second-order valence-electron chi connectivity index (χ2n) is 9.46. The molecule has 0 amide bonds. The Morgan fingerprint density at radius 1 is 0.737 bits per heavy atom. The van der Waals surface area contributed by atoms with Gasteiger partial charge in [0.15, 0.2) is 0 Å². The van der Waals surface area contributed by atoms with Crippen molar-refractivity contribution in [3.63, 3.8) is 0 Å². The van der Waals surface area contributed by atoms with Gasteiger partial charge in [-0.15, -0.1) is 0 Å². The summed E-state index contributed by atoms with van der Waals surface area (Å²) in [6.45, 7) is 2.74. The summed E-state index contributed by atoms with van der Waals surface area (Å²) in [4.78, 5) is 0. The number of hydrogen-bond acceptors (Lipinski definition) is 3. The van der Waals surface area contributed by atoms with Gasteiger partial charge in [-0.25, -0.2) is 0 Å². The Morgan fingerprint density at radius 3 is 1.68 bits per heavy atom. The first-order chi connectivity index (χ1) is 18.5. The topological polar surface area (TPSA) is 27.7 Å². The van der Waals surface area contributed by atoms with Crippen LogP contribution in [0.2, 0.25) is 5.02 Å². The third kappa shape index (κ3) is 3.58. The summed E-state index contributed by atoms with van der Waals surface area (Å²) in [5.41, 5.74) is 2.04. The molecule has 1 unspecified atom stereocenters. The zero-order chi connectivity index (χ0) is 26.2. The molecule has 0 radical (unpaired) electrons. The van der Waals surface area contributed by atoms with E-state index >= 15 is 0 Å². The van der Waals surface area contributed by atoms with Crippen LogP contribution in [0.1, 0.15) is 18.6 Å². The van der Waals surface area contributed by atoms with Crippen LogP contribution in [0.5, 0.6) is 0 Å². The average Bonchev–Trinajstić information content (AvgIpc) is 3.50. The molecule has 38 heavy (non-hydrogen) atoms. The van der Waals surface area contributed by atoms with Crippen LogP contribution < -0.4 is 15.9 Å². The minimum atomic E-state index is -3.69. The summed E-state index contributed by atoms with van der Waals surface area (Å²) in [5, 5.41) is 5.27. The normalized spacial score (nSPS) is 21.9. The van der Waals surface area contributed by atoms with E-state index < -0.39 is 6.83 Å². The Bertz CT molecular complexity index is 1450. The van der Waals surface area contributed by atoms with Crippen LogP contribution >= 0.6 is 18.4 Å². The van der Waals surface area contributed by atoms with Gasteiger partial charge in [0.25, 0.3) is 0 Å². The molecule has 0 saturated carbocycles. The molecule has 1 fully saturated rings. The molecule has 0 aliphatic carbocycles. The molecule has 0 bridgehead atoms. The van der Waals surface area contributed by atoms with Crippen molar-refractivity contribution in [1.29, 1.82) is 0 Å². The van der Waals surface area contributed by atoms with E-state index in [1.54, 1.807) is 0 Å². The number of rotatable bonds is 5. The first-order valence-corrected chi connectivity index (χ1v) is 15.1. The van der Waals surface area contributed by atoms with Gasteiger partial charge in [0.05, 0.1) is 0 Å². The molecule has 5 heteroatoms. The van der Waals surface area contributed by atoms with Crippen molar-refractivity contribution in [2.24, 2.45) is 0 Å². The third-order valence-corrected chi connectivity index (χ3v) is 13.9. The van der Waals surface area contributed by atoms with Crippen molar-refractivity contribution < 1.29 is 14.0 Å². The Kier molecular flexibility index (Phi) is 6.24. The molecule has 4 aromatic rings. The van der Waals surface area contributed by atoms with Gasteiger partial charge in [-0.05, 0) is 0 Å². The van der Waals surface area contributed by atoms with E-state index in [0.717, 1.165) is 32.4 Å². The fourth-order valence-electron chi connectivity index (χ4n) is 5.77. The second kappa shape index (κ2) is 9.60. The van der Waals surface area contributed by atoms with E-state index in [0.29, 0.717) is 16.5 Å².